The van der Waals surface area contributed by atoms with Crippen LogP contribution in [0.2, 0.25) is 0 Å². The summed E-state index contributed by atoms with van der Waals surface area (Å²) in [6.45, 7) is 4.86. The van der Waals surface area contributed by atoms with Crippen molar-refractivity contribution in [2.24, 2.45) is 0 Å². The fraction of sp³-hybridized carbons (Fsp3) is 0.292. The first-order valence-corrected chi connectivity index (χ1v) is 13.3. The number of hydrogen-bond acceptors (Lipinski definition) is 6. The Morgan fingerprint density at radius 2 is 1.79 bits per heavy atom. The Kier molecular flexibility index (Phi) is 6.90. The molecule has 0 saturated heterocycles. The van der Waals surface area contributed by atoms with Crippen LogP contribution >= 0.6 is 11.3 Å². The summed E-state index contributed by atoms with van der Waals surface area (Å²) in [6.07, 6.45) is 0.371. The molecule has 0 unspecified atom stereocenters. The van der Waals surface area contributed by atoms with E-state index in [1.807, 2.05) is 48.9 Å². The number of amides is 1. The number of carbonyl (C=O) groups is 1. The second-order valence-electron chi connectivity index (χ2n) is 7.90. The summed E-state index contributed by atoms with van der Waals surface area (Å²) in [5.74, 6) is -0.215. The summed E-state index contributed by atoms with van der Waals surface area (Å²) in [6, 6.07) is 18.1. The maximum atomic E-state index is 13.2. The largest absolute Gasteiger partial charge is 0.286 e. The van der Waals surface area contributed by atoms with Crippen LogP contribution < -0.4 is 4.90 Å². The van der Waals surface area contributed by atoms with Gasteiger partial charge in [-0.05, 0) is 50.6 Å². The van der Waals surface area contributed by atoms with Crippen LogP contribution in [0.5, 0.6) is 0 Å². The van der Waals surface area contributed by atoms with Crippen LogP contribution in [-0.2, 0) is 21.2 Å². The minimum absolute atomic E-state index is 0.0755. The average Bonchev–Trinajstić information content (AvgIpc) is 3.36. The monoisotopic (exact) mass is 482 g/mol. The highest BCUT2D eigenvalue weighted by Crippen LogP contribution is 2.29. The fourth-order valence-electron chi connectivity index (χ4n) is 3.69. The normalized spacial score (nSPS) is 11.7. The summed E-state index contributed by atoms with van der Waals surface area (Å²) in [5.41, 5.74) is 2.79. The van der Waals surface area contributed by atoms with Gasteiger partial charge in [-0.25, -0.2) is 13.4 Å². The molecule has 9 heteroatoms. The number of fused-ring (bicyclic) bond motifs is 1. The third kappa shape index (κ3) is 5.48. The quantitative estimate of drug-likeness (QED) is 0.353. The van der Waals surface area contributed by atoms with E-state index in [2.05, 4.69) is 10.1 Å². The minimum atomic E-state index is -3.42. The number of rotatable bonds is 9. The van der Waals surface area contributed by atoms with E-state index in [0.29, 0.717) is 18.2 Å². The summed E-state index contributed by atoms with van der Waals surface area (Å²) in [7, 11) is -3.42. The molecule has 0 atom stereocenters. The molecule has 7 nitrogen and oxygen atoms in total. The molecule has 0 aliphatic carbocycles. The maximum absolute atomic E-state index is 13.2. The van der Waals surface area contributed by atoms with E-state index in [-0.39, 0.29) is 29.4 Å². The van der Waals surface area contributed by atoms with Gasteiger partial charge in [-0.1, -0.05) is 41.7 Å². The second-order valence-corrected chi connectivity index (χ2v) is 11.0. The van der Waals surface area contributed by atoms with Gasteiger partial charge in [-0.3, -0.25) is 14.4 Å². The third-order valence-corrected chi connectivity index (χ3v) is 8.24. The van der Waals surface area contributed by atoms with Crippen LogP contribution in [0.25, 0.3) is 10.2 Å². The van der Waals surface area contributed by atoms with E-state index < -0.39 is 9.84 Å². The Labute approximate surface area is 197 Å². The molecule has 4 rings (SSSR count). The molecule has 4 aromatic rings. The van der Waals surface area contributed by atoms with Crippen molar-refractivity contribution >= 4 is 42.4 Å². The van der Waals surface area contributed by atoms with Crippen LogP contribution in [0.1, 0.15) is 24.2 Å². The first-order valence-electron chi connectivity index (χ1n) is 10.8. The molecular weight excluding hydrogens is 456 g/mol. The summed E-state index contributed by atoms with van der Waals surface area (Å²) >= 11 is 1.46. The van der Waals surface area contributed by atoms with Gasteiger partial charge in [0.25, 0.3) is 0 Å². The average molecular weight is 483 g/mol. The smallest absolute Gasteiger partial charge is 0.228 e. The van der Waals surface area contributed by atoms with Gasteiger partial charge >= 0.3 is 0 Å². The van der Waals surface area contributed by atoms with Crippen LogP contribution in [0.3, 0.4) is 0 Å². The highest BCUT2D eigenvalue weighted by molar-refractivity contribution is 7.91. The molecule has 1 amide bonds. The van der Waals surface area contributed by atoms with Gasteiger partial charge in [-0.2, -0.15) is 5.10 Å². The minimum Gasteiger partial charge on any atom is -0.286 e. The van der Waals surface area contributed by atoms with Crippen molar-refractivity contribution in [2.75, 3.05) is 17.2 Å². The van der Waals surface area contributed by atoms with Crippen molar-refractivity contribution in [1.82, 2.24) is 14.8 Å². The van der Waals surface area contributed by atoms with Gasteiger partial charge in [0.05, 0.1) is 33.1 Å². The Hall–Kier alpha value is -3.04. The molecule has 0 radical (unpaired) electrons. The maximum Gasteiger partial charge on any atom is 0.228 e. The SMILES string of the molecule is Cc1cc(C)n(CCN(C(=O)CCCS(=O)(=O)c2ccccc2)c2nc3ccccc3s2)n1. The van der Waals surface area contributed by atoms with Crippen LogP contribution in [0.15, 0.2) is 65.6 Å². The Bertz CT molecular complexity index is 1330. The lowest BCUT2D eigenvalue weighted by atomic mass is 10.3. The number of benzene rings is 2. The number of anilines is 1. The summed E-state index contributed by atoms with van der Waals surface area (Å²) in [4.78, 5) is 19.8. The van der Waals surface area contributed by atoms with Gasteiger partial charge in [-0.15, -0.1) is 0 Å². The lowest BCUT2D eigenvalue weighted by molar-refractivity contribution is -0.118. The van der Waals surface area contributed by atoms with Gasteiger partial charge in [0.2, 0.25) is 5.91 Å². The molecule has 2 aromatic carbocycles. The van der Waals surface area contributed by atoms with Crippen LogP contribution in [0.4, 0.5) is 5.13 Å². The van der Waals surface area contributed by atoms with Gasteiger partial charge < -0.3 is 0 Å². The molecule has 0 aliphatic rings. The molecule has 0 N–H and O–H groups in total. The zero-order valence-corrected chi connectivity index (χ0v) is 20.3. The molecule has 172 valence electrons. The van der Waals surface area contributed by atoms with Crippen molar-refractivity contribution in [3.05, 3.63) is 72.1 Å². The molecule has 33 heavy (non-hydrogen) atoms. The highest BCUT2D eigenvalue weighted by Gasteiger charge is 2.22. The van der Waals surface area contributed by atoms with Crippen molar-refractivity contribution in [1.29, 1.82) is 0 Å². The van der Waals surface area contributed by atoms with E-state index in [0.717, 1.165) is 21.6 Å². The topological polar surface area (TPSA) is 85.2 Å². The molecule has 0 saturated carbocycles. The first kappa shape index (κ1) is 23.1. The van der Waals surface area contributed by atoms with Crippen molar-refractivity contribution < 1.29 is 13.2 Å². The van der Waals surface area contributed by atoms with E-state index in [1.165, 1.54) is 11.3 Å². The first-order chi connectivity index (χ1) is 15.8. The lowest BCUT2D eigenvalue weighted by Crippen LogP contribution is -2.34. The number of sulfone groups is 1. The number of carbonyl (C=O) groups excluding carboxylic acids is 1. The molecule has 0 fully saturated rings. The van der Waals surface area contributed by atoms with E-state index in [4.69, 9.17) is 0 Å². The predicted molar refractivity (Wildman–Crippen MR) is 131 cm³/mol. The second kappa shape index (κ2) is 9.84. The molecule has 2 heterocycles. The summed E-state index contributed by atoms with van der Waals surface area (Å²) < 4.78 is 28.0. The number of para-hydroxylation sites is 1. The van der Waals surface area contributed by atoms with Crippen molar-refractivity contribution in [3.8, 4) is 0 Å². The zero-order chi connectivity index (χ0) is 23.4. The number of nitrogens with zero attached hydrogens (tertiary/aromatic N) is 4. The van der Waals surface area contributed by atoms with Crippen LogP contribution in [0, 0.1) is 13.8 Å². The molecule has 0 aliphatic heterocycles. The van der Waals surface area contributed by atoms with Crippen LogP contribution in [-0.4, -0.2) is 41.4 Å². The Balaban J connectivity index is 1.49. The number of aryl methyl sites for hydroxylation is 2. The number of hydrogen-bond donors (Lipinski definition) is 0. The van der Waals surface area contributed by atoms with Crippen molar-refractivity contribution in [3.63, 3.8) is 0 Å². The summed E-state index contributed by atoms with van der Waals surface area (Å²) in [5, 5.41) is 5.11. The third-order valence-electron chi connectivity index (χ3n) is 5.36. The molecule has 0 bridgehead atoms. The Morgan fingerprint density at radius 3 is 2.48 bits per heavy atom. The highest BCUT2D eigenvalue weighted by atomic mass is 32.2. The lowest BCUT2D eigenvalue weighted by Gasteiger charge is -2.20. The van der Waals surface area contributed by atoms with Gasteiger partial charge in [0.15, 0.2) is 15.0 Å². The number of aromatic nitrogens is 3. The van der Waals surface area contributed by atoms with E-state index in [1.54, 1.807) is 35.2 Å². The zero-order valence-electron chi connectivity index (χ0n) is 18.6. The number of thiazole rings is 1. The molecular formula is C24H26N4O3S2. The van der Waals surface area contributed by atoms with Crippen molar-refractivity contribution in [2.45, 2.75) is 38.1 Å². The van der Waals surface area contributed by atoms with E-state index >= 15 is 0 Å². The Morgan fingerprint density at radius 1 is 1.06 bits per heavy atom. The predicted octanol–water partition coefficient (Wildman–Crippen LogP) is 4.40. The van der Waals surface area contributed by atoms with Gasteiger partial charge in [0.1, 0.15) is 0 Å². The standard InChI is InChI=1S/C24H26N4O3S2/c1-18-17-19(2)28(26-18)15-14-27(24-25-21-11-6-7-12-22(21)32-24)23(29)13-8-16-33(30,31)20-9-4-3-5-10-20/h3-7,9-12,17H,8,13-16H2,1-2H3. The molecule has 2 aromatic heterocycles. The van der Waals surface area contributed by atoms with E-state index in [9.17, 15) is 13.2 Å². The van der Waals surface area contributed by atoms with Gasteiger partial charge in [0, 0.05) is 18.7 Å². The fourth-order valence-corrected chi connectivity index (χ4v) is 6.03. The molecule has 0 spiro atoms.